The zero-order chi connectivity index (χ0) is 15.5. The number of benzene rings is 1. The first-order valence-corrected chi connectivity index (χ1v) is 8.51. The van der Waals surface area contributed by atoms with Gasteiger partial charge in [0, 0.05) is 43.2 Å². The van der Waals surface area contributed by atoms with Crippen LogP contribution < -0.4 is 0 Å². The van der Waals surface area contributed by atoms with Gasteiger partial charge in [0.1, 0.15) is 0 Å². The summed E-state index contributed by atoms with van der Waals surface area (Å²) < 4.78 is 0. The highest BCUT2D eigenvalue weighted by Gasteiger charge is 2.41. The minimum atomic E-state index is 0.323. The number of hydrogen-bond donors (Lipinski definition) is 0. The van der Waals surface area contributed by atoms with Gasteiger partial charge in [-0.05, 0) is 30.5 Å². The Morgan fingerprint density at radius 1 is 1.23 bits per heavy atom. The lowest BCUT2D eigenvalue weighted by Gasteiger charge is -2.40. The Morgan fingerprint density at radius 2 is 1.86 bits per heavy atom. The lowest BCUT2D eigenvalue weighted by atomic mass is 10.1. The Morgan fingerprint density at radius 3 is 2.45 bits per heavy atom. The highest BCUT2D eigenvalue weighted by molar-refractivity contribution is 6.30. The highest BCUT2D eigenvalue weighted by atomic mass is 35.5. The standard InChI is InChI=1S/C18H23ClN2O/c1-2-18(22)21-16-9-10-17(21)13-20(12-16)11-3-4-14-5-7-15(19)8-6-14/h3-8,16-17H,2,9-13H2,1H3. The van der Waals surface area contributed by atoms with E-state index in [1.807, 2.05) is 31.2 Å². The van der Waals surface area contributed by atoms with Crippen molar-refractivity contribution in [2.45, 2.75) is 38.3 Å². The maximum absolute atomic E-state index is 12.0. The lowest BCUT2D eigenvalue weighted by molar-refractivity contribution is -0.136. The van der Waals surface area contributed by atoms with Gasteiger partial charge < -0.3 is 4.90 Å². The van der Waals surface area contributed by atoms with Gasteiger partial charge in [-0.25, -0.2) is 0 Å². The Kier molecular flexibility index (Phi) is 4.84. The number of halogens is 1. The maximum atomic E-state index is 12.0. The molecule has 2 atom stereocenters. The fourth-order valence-corrected chi connectivity index (χ4v) is 3.77. The second-order valence-electron chi connectivity index (χ2n) is 6.21. The number of nitrogens with zero attached hydrogens (tertiary/aromatic N) is 2. The Bertz CT molecular complexity index is 541. The smallest absolute Gasteiger partial charge is 0.222 e. The van der Waals surface area contributed by atoms with Crippen LogP contribution in [0.4, 0.5) is 0 Å². The molecule has 2 aliphatic rings. The first-order chi connectivity index (χ1) is 10.7. The molecule has 2 aliphatic heterocycles. The van der Waals surface area contributed by atoms with Crippen molar-refractivity contribution in [1.29, 1.82) is 0 Å². The summed E-state index contributed by atoms with van der Waals surface area (Å²) in [6.07, 6.45) is 7.30. The van der Waals surface area contributed by atoms with Gasteiger partial charge in [0.2, 0.25) is 5.91 Å². The third kappa shape index (κ3) is 3.36. The molecular formula is C18H23ClN2O. The van der Waals surface area contributed by atoms with Crippen LogP contribution in [0.3, 0.4) is 0 Å². The molecule has 0 aromatic heterocycles. The number of likely N-dealkylation sites (tertiary alicyclic amines) is 1. The summed E-state index contributed by atoms with van der Waals surface area (Å²) in [7, 11) is 0. The topological polar surface area (TPSA) is 23.6 Å². The van der Waals surface area contributed by atoms with E-state index in [4.69, 9.17) is 11.6 Å². The van der Waals surface area contributed by atoms with Crippen molar-refractivity contribution in [1.82, 2.24) is 9.80 Å². The quantitative estimate of drug-likeness (QED) is 0.849. The second kappa shape index (κ2) is 6.84. The van der Waals surface area contributed by atoms with Crippen molar-refractivity contribution in [3.63, 3.8) is 0 Å². The number of piperazine rings is 1. The van der Waals surface area contributed by atoms with Crippen LogP contribution in [-0.4, -0.2) is 47.4 Å². The lowest BCUT2D eigenvalue weighted by Crippen LogP contribution is -2.55. The molecule has 0 aliphatic carbocycles. The van der Waals surface area contributed by atoms with E-state index < -0.39 is 0 Å². The molecule has 1 aromatic rings. The monoisotopic (exact) mass is 318 g/mol. The Labute approximate surface area is 137 Å². The molecule has 3 rings (SSSR count). The third-order valence-corrected chi connectivity index (χ3v) is 4.94. The number of carbonyl (C=O) groups excluding carboxylic acids is 1. The third-order valence-electron chi connectivity index (χ3n) is 4.69. The van der Waals surface area contributed by atoms with Gasteiger partial charge in [-0.2, -0.15) is 0 Å². The van der Waals surface area contributed by atoms with Gasteiger partial charge in [0.05, 0.1) is 0 Å². The molecule has 118 valence electrons. The number of amides is 1. The molecule has 2 fully saturated rings. The predicted molar refractivity (Wildman–Crippen MR) is 90.9 cm³/mol. The summed E-state index contributed by atoms with van der Waals surface area (Å²) in [6, 6.07) is 8.73. The molecule has 2 saturated heterocycles. The van der Waals surface area contributed by atoms with Crippen LogP contribution in [0.15, 0.2) is 30.3 Å². The molecule has 0 spiro atoms. The average molecular weight is 319 g/mol. The Hall–Kier alpha value is -1.32. The molecule has 0 radical (unpaired) electrons. The summed E-state index contributed by atoms with van der Waals surface area (Å²) in [5.74, 6) is 0.323. The van der Waals surface area contributed by atoms with Gasteiger partial charge in [-0.15, -0.1) is 0 Å². The van der Waals surface area contributed by atoms with Gasteiger partial charge in [-0.1, -0.05) is 42.8 Å². The van der Waals surface area contributed by atoms with Crippen molar-refractivity contribution >= 4 is 23.6 Å². The first kappa shape index (κ1) is 15.6. The molecule has 0 saturated carbocycles. The molecule has 4 heteroatoms. The van der Waals surface area contributed by atoms with E-state index in [9.17, 15) is 4.79 Å². The molecule has 22 heavy (non-hydrogen) atoms. The van der Waals surface area contributed by atoms with Crippen molar-refractivity contribution in [3.8, 4) is 0 Å². The van der Waals surface area contributed by atoms with Crippen molar-refractivity contribution in [3.05, 3.63) is 40.9 Å². The first-order valence-electron chi connectivity index (χ1n) is 8.13. The van der Waals surface area contributed by atoms with E-state index in [2.05, 4.69) is 22.0 Å². The molecule has 1 amide bonds. The van der Waals surface area contributed by atoms with E-state index in [1.165, 1.54) is 5.56 Å². The second-order valence-corrected chi connectivity index (χ2v) is 6.65. The summed E-state index contributed by atoms with van der Waals surface area (Å²) >= 11 is 5.89. The zero-order valence-electron chi connectivity index (χ0n) is 13.0. The van der Waals surface area contributed by atoms with E-state index in [0.717, 1.165) is 37.5 Å². The van der Waals surface area contributed by atoms with Crippen LogP contribution >= 0.6 is 11.6 Å². The minimum absolute atomic E-state index is 0.323. The molecule has 2 bridgehead atoms. The molecule has 3 nitrogen and oxygen atoms in total. The van der Waals surface area contributed by atoms with Crippen molar-refractivity contribution < 1.29 is 4.79 Å². The molecule has 1 aromatic carbocycles. The normalized spacial score (nSPS) is 25.1. The van der Waals surface area contributed by atoms with Gasteiger partial charge in [-0.3, -0.25) is 9.69 Å². The largest absolute Gasteiger partial charge is 0.334 e. The molecule has 0 N–H and O–H groups in total. The van der Waals surface area contributed by atoms with Gasteiger partial charge in [0.25, 0.3) is 0 Å². The Balaban J connectivity index is 1.55. The molecule has 2 heterocycles. The predicted octanol–water partition coefficient (Wildman–Crippen LogP) is 3.44. The number of fused-ring (bicyclic) bond motifs is 2. The van der Waals surface area contributed by atoms with Crippen LogP contribution in [0.25, 0.3) is 6.08 Å². The van der Waals surface area contributed by atoms with Crippen LogP contribution in [0.5, 0.6) is 0 Å². The van der Waals surface area contributed by atoms with E-state index in [-0.39, 0.29) is 0 Å². The van der Waals surface area contributed by atoms with Gasteiger partial charge >= 0.3 is 0 Å². The summed E-state index contributed by atoms with van der Waals surface area (Å²) in [5, 5.41) is 0.769. The van der Waals surface area contributed by atoms with Crippen LogP contribution in [0.1, 0.15) is 31.7 Å². The summed E-state index contributed by atoms with van der Waals surface area (Å²) in [6.45, 7) is 4.92. The molecule has 2 unspecified atom stereocenters. The fraction of sp³-hybridized carbons (Fsp3) is 0.500. The van der Waals surface area contributed by atoms with Crippen LogP contribution in [-0.2, 0) is 4.79 Å². The van der Waals surface area contributed by atoms with E-state index >= 15 is 0 Å². The van der Waals surface area contributed by atoms with E-state index in [0.29, 0.717) is 24.4 Å². The summed E-state index contributed by atoms with van der Waals surface area (Å²) in [4.78, 5) is 16.7. The van der Waals surface area contributed by atoms with Crippen molar-refractivity contribution in [2.75, 3.05) is 19.6 Å². The number of rotatable bonds is 4. The van der Waals surface area contributed by atoms with Crippen molar-refractivity contribution in [2.24, 2.45) is 0 Å². The maximum Gasteiger partial charge on any atom is 0.222 e. The highest BCUT2D eigenvalue weighted by Crippen LogP contribution is 2.30. The minimum Gasteiger partial charge on any atom is -0.334 e. The summed E-state index contributed by atoms with van der Waals surface area (Å²) in [5.41, 5.74) is 1.17. The van der Waals surface area contributed by atoms with Crippen LogP contribution in [0.2, 0.25) is 5.02 Å². The molecular weight excluding hydrogens is 296 g/mol. The number of carbonyl (C=O) groups is 1. The van der Waals surface area contributed by atoms with Crippen LogP contribution in [0, 0.1) is 0 Å². The average Bonchev–Trinajstić information content (AvgIpc) is 2.79. The fourth-order valence-electron chi connectivity index (χ4n) is 3.64. The number of hydrogen-bond acceptors (Lipinski definition) is 2. The zero-order valence-corrected chi connectivity index (χ0v) is 13.8. The van der Waals surface area contributed by atoms with Gasteiger partial charge in [0.15, 0.2) is 0 Å². The van der Waals surface area contributed by atoms with E-state index in [1.54, 1.807) is 0 Å². The SMILES string of the molecule is CCC(=O)N1C2CCC1CN(CC=Cc1ccc(Cl)cc1)C2.